The zero-order valence-corrected chi connectivity index (χ0v) is 38.0. The van der Waals surface area contributed by atoms with E-state index in [-0.39, 0.29) is 30.8 Å². The van der Waals surface area contributed by atoms with E-state index >= 15 is 0 Å². The van der Waals surface area contributed by atoms with Gasteiger partial charge < -0.3 is 25.0 Å². The molecule has 3 aromatic rings. The minimum atomic E-state index is -4.18. The Hall–Kier alpha value is -4.55. The average molecular weight is 869 g/mol. The number of carbonyl (C=O) groups excluding carboxylic acids is 4. The third kappa shape index (κ3) is 9.81. The van der Waals surface area contributed by atoms with E-state index in [9.17, 15) is 27.6 Å². The summed E-state index contributed by atoms with van der Waals surface area (Å²) in [5, 5.41) is 8.67. The number of alkyl carbamates (subject to hydrolysis) is 1. The van der Waals surface area contributed by atoms with Gasteiger partial charge in [-0.05, 0) is 66.4 Å². The molecule has 6 rings (SSSR count). The fraction of sp³-hybridized carbons (Fsp3) is 0.619. The van der Waals surface area contributed by atoms with Crippen LogP contribution in [-0.4, -0.2) is 106 Å². The number of hydrogen-bond acceptors (Lipinski definition) is 11. The molecule has 2 fully saturated rings. The van der Waals surface area contributed by atoms with Crippen molar-refractivity contribution in [3.8, 4) is 17.3 Å². The predicted octanol–water partition coefficient (Wildman–Crippen LogP) is 5.60. The second-order valence-corrected chi connectivity index (χ2v) is 21.3. The van der Waals surface area contributed by atoms with Crippen LogP contribution in [0.15, 0.2) is 35.7 Å². The summed E-state index contributed by atoms with van der Waals surface area (Å²) in [4.78, 5) is 67.5. The summed E-state index contributed by atoms with van der Waals surface area (Å²) in [5.74, 6) is -2.49. The van der Waals surface area contributed by atoms with Gasteiger partial charge in [-0.15, -0.1) is 11.3 Å². The first-order chi connectivity index (χ1) is 28.0. The van der Waals surface area contributed by atoms with E-state index in [1.54, 1.807) is 32.1 Å². The largest absolute Gasteiger partial charge is 0.459 e. The Balaban J connectivity index is 1.36. The predicted molar refractivity (Wildman–Crippen MR) is 230 cm³/mol. The van der Waals surface area contributed by atoms with Crippen molar-refractivity contribution in [3.05, 3.63) is 40.7 Å². The second kappa shape index (κ2) is 17.1. The molecule has 3 N–H and O–H groups in total. The summed E-state index contributed by atoms with van der Waals surface area (Å²) in [7, 11) is -1.59. The molecule has 0 bridgehead atoms. The van der Waals surface area contributed by atoms with Crippen molar-refractivity contribution < 1.29 is 37.1 Å². The van der Waals surface area contributed by atoms with Crippen molar-refractivity contribution >= 4 is 56.4 Å². The van der Waals surface area contributed by atoms with E-state index in [2.05, 4.69) is 36.1 Å². The Morgan fingerprint density at radius 2 is 1.80 bits per heavy atom. The zero-order valence-electron chi connectivity index (χ0n) is 36.3. The van der Waals surface area contributed by atoms with E-state index in [0.717, 1.165) is 38.9 Å². The molecule has 60 heavy (non-hydrogen) atoms. The van der Waals surface area contributed by atoms with Gasteiger partial charge in [-0.1, -0.05) is 57.9 Å². The number of allylic oxidation sites excluding steroid dienone is 1. The molecular formula is C42H60N8O8S2. The first-order valence-electron chi connectivity index (χ1n) is 20.7. The highest BCUT2D eigenvalue weighted by Gasteiger charge is 2.62. The molecule has 1 aliphatic carbocycles. The molecular weight excluding hydrogens is 809 g/mol. The van der Waals surface area contributed by atoms with E-state index < -0.39 is 69.3 Å². The number of ether oxygens (including phenoxy) is 2. The molecule has 328 valence electrons. The Morgan fingerprint density at radius 1 is 1.07 bits per heavy atom. The maximum absolute atomic E-state index is 14.7. The van der Waals surface area contributed by atoms with Gasteiger partial charge in [0.25, 0.3) is 11.9 Å². The number of aromatic nitrogens is 3. The minimum Gasteiger partial charge on any atom is -0.459 e. The number of benzene rings is 1. The molecule has 0 unspecified atom stereocenters. The van der Waals surface area contributed by atoms with Gasteiger partial charge in [0.15, 0.2) is 0 Å². The van der Waals surface area contributed by atoms with Crippen LogP contribution in [-0.2, 0) is 34.7 Å². The van der Waals surface area contributed by atoms with E-state index in [4.69, 9.17) is 19.4 Å². The molecule has 0 radical (unpaired) electrons. The normalized spacial score (nSPS) is 24.4. The van der Waals surface area contributed by atoms with Crippen molar-refractivity contribution in [2.24, 2.45) is 5.92 Å². The van der Waals surface area contributed by atoms with Crippen molar-refractivity contribution in [2.75, 3.05) is 20.6 Å². The van der Waals surface area contributed by atoms with E-state index in [1.165, 1.54) is 19.0 Å². The molecule has 2 aromatic heterocycles. The molecule has 2 aliphatic heterocycles. The monoisotopic (exact) mass is 868 g/mol. The van der Waals surface area contributed by atoms with Crippen LogP contribution in [0.3, 0.4) is 0 Å². The smallest absolute Gasteiger partial charge is 0.408 e. The summed E-state index contributed by atoms with van der Waals surface area (Å²) >= 11 is 1.59. The first-order valence-corrected chi connectivity index (χ1v) is 23.0. The molecule has 16 nitrogen and oxygen atoms in total. The Bertz CT molecular complexity index is 2250. The zero-order chi connectivity index (χ0) is 43.9. The van der Waals surface area contributed by atoms with Gasteiger partial charge in [0.1, 0.15) is 34.8 Å². The fourth-order valence-corrected chi connectivity index (χ4v) is 9.20. The second-order valence-electron chi connectivity index (χ2n) is 18.6. The molecule has 1 saturated carbocycles. The molecule has 3 aliphatic rings. The van der Waals surface area contributed by atoms with Crippen molar-refractivity contribution in [1.82, 2.24) is 39.1 Å². The Labute approximate surface area is 357 Å². The van der Waals surface area contributed by atoms with Crippen LogP contribution < -0.4 is 20.1 Å². The van der Waals surface area contributed by atoms with Crippen LogP contribution in [0.25, 0.3) is 22.3 Å². The molecule has 0 spiro atoms. The number of nitrogens with zero attached hydrogens (tertiary/aromatic N) is 5. The summed E-state index contributed by atoms with van der Waals surface area (Å²) in [5.41, 5.74) is 0.670. The number of para-hydroxylation sites is 1. The maximum Gasteiger partial charge on any atom is 0.408 e. The van der Waals surface area contributed by atoms with Crippen LogP contribution in [0, 0.1) is 5.92 Å². The van der Waals surface area contributed by atoms with Gasteiger partial charge in [-0.25, -0.2) is 14.5 Å². The fourth-order valence-electron chi connectivity index (χ4n) is 7.69. The number of amides is 4. The standard InChI is InChI=1S/C42H60N8O8S2/c1-25(2)50-31-20-16-18-28(30-24-59-37(43-30)40(3,4)5)33(31)45-38(50)57-27-21-32-34(51)46-42(36(53)47-60(55,56)48(9)10)22-26(42)17-14-12-11-13-15-19-29(35(52)49(32)23-27)44-39(54)58-41(6,7)8/h14,16-18,20,24-27,29,32H,11-13,15,19,21-23H2,1-10H3,(H,44,54)(H,46,51)(H,47,53)/t26-,27-,29+,32+,42-/m1/s1. The Morgan fingerprint density at radius 3 is 2.45 bits per heavy atom. The Kier molecular flexibility index (Phi) is 12.8. The highest BCUT2D eigenvalue weighted by Crippen LogP contribution is 2.46. The highest BCUT2D eigenvalue weighted by atomic mass is 32.2. The van der Waals surface area contributed by atoms with E-state index in [0.29, 0.717) is 30.8 Å². The third-order valence-electron chi connectivity index (χ3n) is 10.9. The number of nitrogens with one attached hydrogen (secondary N) is 3. The molecule has 4 heterocycles. The molecule has 1 saturated heterocycles. The van der Waals surface area contributed by atoms with Gasteiger partial charge in [-0.2, -0.15) is 17.7 Å². The highest BCUT2D eigenvalue weighted by molar-refractivity contribution is 7.87. The lowest BCUT2D eigenvalue weighted by atomic mass is 9.98. The van der Waals surface area contributed by atoms with Gasteiger partial charge in [0.2, 0.25) is 11.8 Å². The number of rotatable bonds is 8. The van der Waals surface area contributed by atoms with E-state index in [1.807, 2.05) is 54.1 Å². The molecule has 1 aromatic carbocycles. The topological polar surface area (TPSA) is 194 Å². The van der Waals surface area contributed by atoms with Crippen LogP contribution >= 0.6 is 11.3 Å². The number of imidazole rings is 1. The van der Waals surface area contributed by atoms with Crippen LogP contribution in [0.2, 0.25) is 0 Å². The number of thiazole rings is 1. The van der Waals surface area contributed by atoms with Gasteiger partial charge in [-0.3, -0.25) is 19.0 Å². The maximum atomic E-state index is 14.7. The SMILES string of the molecule is CC(C)n1c(O[C@@H]2C[C@H]3C(=O)N[C@]4(C(=O)NS(=O)(=O)N(C)C)C[C@H]4C=CCCCCC[C@H](NC(=O)OC(C)(C)C)C(=O)N3C2)nc2c(-c3csc(C(C)(C)C)n3)cccc21. The lowest BCUT2D eigenvalue weighted by Gasteiger charge is -2.30. The number of hydrogen-bond donors (Lipinski definition) is 3. The van der Waals surface area contributed by atoms with Crippen molar-refractivity contribution in [2.45, 2.75) is 141 Å². The number of fused-ring (bicyclic) bond motifs is 3. The molecule has 4 amide bonds. The molecule has 5 atom stereocenters. The quantitative estimate of drug-likeness (QED) is 0.240. The summed E-state index contributed by atoms with van der Waals surface area (Å²) < 4.78 is 42.8. The van der Waals surface area contributed by atoms with Crippen molar-refractivity contribution in [1.29, 1.82) is 0 Å². The average Bonchev–Trinajstić information content (AvgIpc) is 3.51. The van der Waals surface area contributed by atoms with Crippen LogP contribution in [0.1, 0.15) is 111 Å². The lowest BCUT2D eigenvalue weighted by molar-refractivity contribution is -0.141. The van der Waals surface area contributed by atoms with Gasteiger partial charge >= 0.3 is 16.3 Å². The minimum absolute atomic E-state index is 0.0279. The summed E-state index contributed by atoms with van der Waals surface area (Å²) in [6, 6.07) is 3.96. The summed E-state index contributed by atoms with van der Waals surface area (Å²) in [6.45, 7) is 15.6. The third-order valence-corrected chi connectivity index (χ3v) is 13.6. The first kappa shape index (κ1) is 45.0. The summed E-state index contributed by atoms with van der Waals surface area (Å²) in [6.07, 6.45) is 5.60. The lowest BCUT2D eigenvalue weighted by Crippen LogP contribution is -2.58. The van der Waals surface area contributed by atoms with Crippen LogP contribution in [0.5, 0.6) is 6.01 Å². The molecule has 18 heteroatoms. The number of carbonyl (C=O) groups is 4. The van der Waals surface area contributed by atoms with Gasteiger partial charge in [0, 0.05) is 48.8 Å². The van der Waals surface area contributed by atoms with Gasteiger partial charge in [0.05, 0.1) is 22.8 Å². The van der Waals surface area contributed by atoms with Crippen molar-refractivity contribution in [3.63, 3.8) is 0 Å². The van der Waals surface area contributed by atoms with Crippen LogP contribution in [0.4, 0.5) is 4.79 Å².